The van der Waals surface area contributed by atoms with E-state index in [1.807, 2.05) is 48.5 Å². The van der Waals surface area contributed by atoms with Crippen LogP contribution in [-0.2, 0) is 17.4 Å². The molecule has 1 aliphatic rings. The highest BCUT2D eigenvalue weighted by molar-refractivity contribution is 5.92. The fraction of sp³-hybridized carbons (Fsp3) is 0.192. The summed E-state index contributed by atoms with van der Waals surface area (Å²) in [6.07, 6.45) is -3.68. The Morgan fingerprint density at radius 3 is 2.55 bits per heavy atom. The highest BCUT2D eigenvalue weighted by Gasteiger charge is 2.33. The molecule has 4 aromatic rings. The number of aromatic amines is 1. The molecule has 1 atom stereocenters. The lowest BCUT2D eigenvalue weighted by atomic mass is 9.92. The van der Waals surface area contributed by atoms with Crippen molar-refractivity contribution in [3.8, 4) is 0 Å². The molecule has 2 heterocycles. The molecule has 1 aromatic heterocycles. The minimum atomic E-state index is -4.46. The predicted octanol–water partition coefficient (Wildman–Crippen LogP) is 5.77. The Bertz CT molecular complexity index is 1300. The summed E-state index contributed by atoms with van der Waals surface area (Å²) in [4.78, 5) is 18.5. The van der Waals surface area contributed by atoms with Gasteiger partial charge in [0.15, 0.2) is 0 Å². The summed E-state index contributed by atoms with van der Waals surface area (Å²) in [5.41, 5.74) is 3.75. The van der Waals surface area contributed by atoms with Gasteiger partial charge in [-0.3, -0.25) is 9.69 Å². The van der Waals surface area contributed by atoms with E-state index in [2.05, 4.69) is 21.3 Å². The Kier molecular flexibility index (Phi) is 5.42. The molecule has 4 nitrogen and oxygen atoms in total. The topological polar surface area (TPSA) is 48.1 Å². The van der Waals surface area contributed by atoms with Crippen LogP contribution in [0.4, 0.5) is 18.9 Å². The highest BCUT2D eigenvalue weighted by atomic mass is 19.4. The number of nitrogens with one attached hydrogen (secondary N) is 2. The van der Waals surface area contributed by atoms with Crippen molar-refractivity contribution in [1.29, 1.82) is 0 Å². The zero-order valence-corrected chi connectivity index (χ0v) is 17.7. The van der Waals surface area contributed by atoms with Crippen molar-refractivity contribution in [2.75, 3.05) is 18.4 Å². The van der Waals surface area contributed by atoms with E-state index in [-0.39, 0.29) is 24.2 Å². The van der Waals surface area contributed by atoms with Crippen LogP contribution in [0.25, 0.3) is 10.9 Å². The summed E-state index contributed by atoms with van der Waals surface area (Å²) in [5.74, 6) is -0.352. The SMILES string of the molecule is O=C(CN1CCc2c([nH]c3ccccc23)C1c1ccccc1)Nc1cccc(C(F)(F)F)c1. The molecule has 33 heavy (non-hydrogen) atoms. The average molecular weight is 449 g/mol. The number of amides is 1. The quantitative estimate of drug-likeness (QED) is 0.415. The van der Waals surface area contributed by atoms with Gasteiger partial charge in [-0.05, 0) is 41.8 Å². The molecule has 0 radical (unpaired) electrons. The van der Waals surface area contributed by atoms with E-state index in [4.69, 9.17) is 0 Å². The Labute approximate surface area is 189 Å². The second-order valence-corrected chi connectivity index (χ2v) is 8.22. The number of rotatable bonds is 4. The number of H-pyrrole nitrogens is 1. The number of nitrogens with zero attached hydrogens (tertiary/aromatic N) is 1. The number of para-hydroxylation sites is 1. The number of hydrogen-bond acceptors (Lipinski definition) is 2. The van der Waals surface area contributed by atoms with Crippen LogP contribution in [0.1, 0.15) is 28.4 Å². The molecular weight excluding hydrogens is 427 g/mol. The Morgan fingerprint density at radius 1 is 1.00 bits per heavy atom. The number of hydrogen-bond donors (Lipinski definition) is 2. The molecule has 0 spiro atoms. The molecule has 0 bridgehead atoms. The molecule has 1 unspecified atom stereocenters. The van der Waals surface area contributed by atoms with Gasteiger partial charge in [-0.25, -0.2) is 0 Å². The van der Waals surface area contributed by atoms with E-state index in [0.29, 0.717) is 6.54 Å². The lowest BCUT2D eigenvalue weighted by molar-refractivity contribution is -0.137. The first-order valence-electron chi connectivity index (χ1n) is 10.8. The lowest BCUT2D eigenvalue weighted by Gasteiger charge is -2.35. The largest absolute Gasteiger partial charge is 0.416 e. The Hall–Kier alpha value is -3.58. The van der Waals surface area contributed by atoms with Gasteiger partial charge in [-0.2, -0.15) is 13.2 Å². The van der Waals surface area contributed by atoms with Gasteiger partial charge in [0.05, 0.1) is 18.2 Å². The number of carbonyl (C=O) groups excluding carboxylic acids is 1. The molecule has 2 N–H and O–H groups in total. The maximum atomic E-state index is 13.0. The van der Waals surface area contributed by atoms with E-state index in [0.717, 1.165) is 35.3 Å². The maximum absolute atomic E-state index is 13.0. The first kappa shape index (κ1) is 21.3. The van der Waals surface area contributed by atoms with Crippen LogP contribution in [0.2, 0.25) is 0 Å². The first-order valence-corrected chi connectivity index (χ1v) is 10.8. The van der Waals surface area contributed by atoms with E-state index in [1.54, 1.807) is 0 Å². The number of aromatic nitrogens is 1. The second kappa shape index (κ2) is 8.41. The number of benzene rings is 3. The summed E-state index contributed by atoms with van der Waals surface area (Å²) in [6, 6.07) is 22.6. The summed E-state index contributed by atoms with van der Waals surface area (Å²) >= 11 is 0. The second-order valence-electron chi connectivity index (χ2n) is 8.22. The fourth-order valence-corrected chi connectivity index (χ4v) is 4.63. The van der Waals surface area contributed by atoms with E-state index in [9.17, 15) is 18.0 Å². The molecule has 0 saturated carbocycles. The normalized spacial score (nSPS) is 16.5. The third-order valence-electron chi connectivity index (χ3n) is 6.07. The minimum absolute atomic E-state index is 0.0601. The van der Waals surface area contributed by atoms with Crippen molar-refractivity contribution in [2.45, 2.75) is 18.6 Å². The molecule has 5 rings (SSSR count). The number of halogens is 3. The molecule has 0 aliphatic carbocycles. The third-order valence-corrected chi connectivity index (χ3v) is 6.07. The highest BCUT2D eigenvalue weighted by Crippen LogP contribution is 2.38. The first-order chi connectivity index (χ1) is 15.9. The van der Waals surface area contributed by atoms with Crippen molar-refractivity contribution in [3.05, 3.63) is 101 Å². The van der Waals surface area contributed by atoms with Gasteiger partial charge in [0.2, 0.25) is 5.91 Å². The molecule has 0 fully saturated rings. The standard InChI is InChI=1S/C26H22F3N3O/c27-26(28,29)18-9-6-10-19(15-18)30-23(33)16-32-14-13-21-20-11-4-5-12-22(20)31-24(21)25(32)17-7-2-1-3-8-17/h1-12,15,25,31H,13-14,16H2,(H,30,33). The van der Waals surface area contributed by atoms with Crippen LogP contribution < -0.4 is 5.32 Å². The zero-order valence-electron chi connectivity index (χ0n) is 17.7. The molecule has 0 saturated heterocycles. The number of alkyl halides is 3. The van der Waals surface area contributed by atoms with Crippen LogP contribution in [0, 0.1) is 0 Å². The van der Waals surface area contributed by atoms with Crippen LogP contribution in [0.15, 0.2) is 78.9 Å². The van der Waals surface area contributed by atoms with Gasteiger partial charge in [-0.15, -0.1) is 0 Å². The van der Waals surface area contributed by atoms with Crippen LogP contribution in [-0.4, -0.2) is 28.9 Å². The molecule has 7 heteroatoms. The number of carbonyl (C=O) groups is 1. The van der Waals surface area contributed by atoms with Gasteiger partial charge in [-0.1, -0.05) is 54.6 Å². The Balaban J connectivity index is 1.43. The average Bonchev–Trinajstić information content (AvgIpc) is 3.17. The van der Waals surface area contributed by atoms with Gasteiger partial charge in [0.1, 0.15) is 0 Å². The number of anilines is 1. The monoisotopic (exact) mass is 449 g/mol. The molecule has 168 valence electrons. The van der Waals surface area contributed by atoms with Gasteiger partial charge >= 0.3 is 6.18 Å². The molecule has 1 amide bonds. The fourth-order valence-electron chi connectivity index (χ4n) is 4.63. The van der Waals surface area contributed by atoms with Crippen LogP contribution in [0.5, 0.6) is 0 Å². The Morgan fingerprint density at radius 2 is 1.76 bits per heavy atom. The maximum Gasteiger partial charge on any atom is 0.416 e. The summed E-state index contributed by atoms with van der Waals surface area (Å²) in [5, 5.41) is 3.82. The summed E-state index contributed by atoms with van der Waals surface area (Å²) in [6.45, 7) is 0.717. The molecule has 3 aromatic carbocycles. The van der Waals surface area contributed by atoms with Gasteiger partial charge in [0, 0.05) is 28.8 Å². The summed E-state index contributed by atoms with van der Waals surface area (Å²) in [7, 11) is 0. The third kappa shape index (κ3) is 4.24. The zero-order chi connectivity index (χ0) is 23.0. The van der Waals surface area contributed by atoms with Gasteiger partial charge in [0.25, 0.3) is 0 Å². The van der Waals surface area contributed by atoms with Gasteiger partial charge < -0.3 is 10.3 Å². The minimum Gasteiger partial charge on any atom is -0.357 e. The lowest BCUT2D eigenvalue weighted by Crippen LogP contribution is -2.41. The van der Waals surface area contributed by atoms with Crippen molar-refractivity contribution < 1.29 is 18.0 Å². The smallest absolute Gasteiger partial charge is 0.357 e. The number of fused-ring (bicyclic) bond motifs is 3. The predicted molar refractivity (Wildman–Crippen MR) is 122 cm³/mol. The van der Waals surface area contributed by atoms with Crippen molar-refractivity contribution >= 4 is 22.5 Å². The van der Waals surface area contributed by atoms with E-state index in [1.165, 1.54) is 23.1 Å². The van der Waals surface area contributed by atoms with Crippen molar-refractivity contribution in [2.24, 2.45) is 0 Å². The summed E-state index contributed by atoms with van der Waals surface area (Å²) < 4.78 is 39.1. The van der Waals surface area contributed by atoms with Crippen LogP contribution >= 0.6 is 0 Å². The molecular formula is C26H22F3N3O. The van der Waals surface area contributed by atoms with E-state index < -0.39 is 11.7 Å². The van der Waals surface area contributed by atoms with E-state index >= 15 is 0 Å². The van der Waals surface area contributed by atoms with Crippen LogP contribution in [0.3, 0.4) is 0 Å². The van der Waals surface area contributed by atoms with Crippen molar-refractivity contribution in [1.82, 2.24) is 9.88 Å². The molecule has 1 aliphatic heterocycles. The van der Waals surface area contributed by atoms with Crippen molar-refractivity contribution in [3.63, 3.8) is 0 Å².